The first-order valence-electron chi connectivity index (χ1n) is 6.69. The van der Waals surface area contributed by atoms with Gasteiger partial charge in [0, 0.05) is 19.1 Å². The van der Waals surface area contributed by atoms with Gasteiger partial charge in [0.15, 0.2) is 0 Å². The van der Waals surface area contributed by atoms with Crippen molar-refractivity contribution in [3.8, 4) is 0 Å². The molecule has 0 bridgehead atoms. The minimum Gasteiger partial charge on any atom is -0.465 e. The van der Waals surface area contributed by atoms with E-state index in [-0.39, 0.29) is 30.9 Å². The highest BCUT2D eigenvalue weighted by molar-refractivity contribution is 6.21. The van der Waals surface area contributed by atoms with Gasteiger partial charge < -0.3 is 15.7 Å². The first-order valence-corrected chi connectivity index (χ1v) is 6.69. The fourth-order valence-electron chi connectivity index (χ4n) is 2.98. The third kappa shape index (κ3) is 2.15. The van der Waals surface area contributed by atoms with Crippen LogP contribution >= 0.6 is 0 Å². The normalized spacial score (nSPS) is 24.6. The third-order valence-corrected chi connectivity index (χ3v) is 3.96. The third-order valence-electron chi connectivity index (χ3n) is 3.96. The average Bonchev–Trinajstić information content (AvgIpc) is 2.94. The lowest BCUT2D eigenvalue weighted by Crippen LogP contribution is -2.44. The second-order valence-corrected chi connectivity index (χ2v) is 5.35. The number of carbonyl (C=O) groups excluding carboxylic acids is 2. The maximum absolute atomic E-state index is 12.3. The number of hydrogen-bond acceptors (Lipinski definition) is 4. The molecule has 0 aromatic heterocycles. The summed E-state index contributed by atoms with van der Waals surface area (Å²) in [6.45, 7) is 0.273. The molecule has 110 valence electrons. The van der Waals surface area contributed by atoms with Gasteiger partial charge in [-0.25, -0.2) is 4.79 Å². The standard InChI is InChI=1S/C14H15N3O4/c15-8-5-9(16(6-8)14(20)21)7-17-12(18)10-3-1-2-4-11(10)13(17)19/h1-4,8-9H,5-7,15H2,(H,20,21)/t8-,9-/m1/s1. The van der Waals surface area contributed by atoms with E-state index in [0.717, 1.165) is 4.90 Å². The largest absolute Gasteiger partial charge is 0.465 e. The molecule has 1 fully saturated rings. The Morgan fingerprint density at radius 3 is 2.33 bits per heavy atom. The maximum atomic E-state index is 12.3. The Labute approximate surface area is 120 Å². The summed E-state index contributed by atoms with van der Waals surface area (Å²) in [5.74, 6) is -0.747. The van der Waals surface area contributed by atoms with Crippen molar-refractivity contribution in [2.75, 3.05) is 13.1 Å². The summed E-state index contributed by atoms with van der Waals surface area (Å²) in [5, 5.41) is 9.16. The molecule has 3 amide bonds. The van der Waals surface area contributed by atoms with Crippen LogP contribution in [0.25, 0.3) is 0 Å². The lowest BCUT2D eigenvalue weighted by Gasteiger charge is -2.25. The number of carbonyl (C=O) groups is 3. The monoisotopic (exact) mass is 289 g/mol. The fourth-order valence-corrected chi connectivity index (χ4v) is 2.98. The number of amides is 3. The molecule has 2 aliphatic rings. The molecule has 0 radical (unpaired) electrons. The quantitative estimate of drug-likeness (QED) is 0.765. The summed E-state index contributed by atoms with van der Waals surface area (Å²) >= 11 is 0. The molecule has 0 unspecified atom stereocenters. The van der Waals surface area contributed by atoms with Gasteiger partial charge in [0.25, 0.3) is 11.8 Å². The number of rotatable bonds is 2. The van der Waals surface area contributed by atoms with Crippen LogP contribution in [0.4, 0.5) is 4.79 Å². The highest BCUT2D eigenvalue weighted by Crippen LogP contribution is 2.25. The summed E-state index contributed by atoms with van der Waals surface area (Å²) in [4.78, 5) is 38.0. The lowest BCUT2D eigenvalue weighted by atomic mass is 10.1. The summed E-state index contributed by atoms with van der Waals surface area (Å²) in [6, 6.07) is 5.89. The SMILES string of the molecule is N[C@@H]1C[C@H](CN2C(=O)c3ccccc3C2=O)N(C(=O)O)C1. The summed E-state index contributed by atoms with van der Waals surface area (Å²) in [6.07, 6.45) is -0.635. The van der Waals surface area contributed by atoms with Crippen LogP contribution in [0, 0.1) is 0 Å². The van der Waals surface area contributed by atoms with Crippen molar-refractivity contribution in [3.05, 3.63) is 35.4 Å². The summed E-state index contributed by atoms with van der Waals surface area (Å²) in [5.41, 5.74) is 6.52. The minimum atomic E-state index is -1.08. The Bertz CT molecular complexity index is 595. The van der Waals surface area contributed by atoms with E-state index in [2.05, 4.69) is 0 Å². The van der Waals surface area contributed by atoms with E-state index in [1.54, 1.807) is 24.3 Å². The van der Waals surface area contributed by atoms with Gasteiger partial charge in [0.2, 0.25) is 0 Å². The predicted octanol–water partition coefficient (Wildman–Crippen LogP) is 0.362. The molecule has 3 N–H and O–H groups in total. The van der Waals surface area contributed by atoms with E-state index in [4.69, 9.17) is 10.8 Å². The summed E-state index contributed by atoms with van der Waals surface area (Å²) in [7, 11) is 0. The van der Waals surface area contributed by atoms with Crippen LogP contribution in [0.2, 0.25) is 0 Å². The van der Waals surface area contributed by atoms with Gasteiger partial charge in [-0.1, -0.05) is 12.1 Å². The second kappa shape index (κ2) is 4.85. The Kier molecular flexibility index (Phi) is 3.13. The van der Waals surface area contributed by atoms with Crippen molar-refractivity contribution in [1.29, 1.82) is 0 Å². The molecule has 21 heavy (non-hydrogen) atoms. The molecule has 2 aliphatic heterocycles. The molecule has 1 saturated heterocycles. The topological polar surface area (TPSA) is 104 Å². The number of likely N-dealkylation sites (tertiary alicyclic amines) is 1. The van der Waals surface area contributed by atoms with Crippen molar-refractivity contribution in [2.45, 2.75) is 18.5 Å². The van der Waals surface area contributed by atoms with Crippen molar-refractivity contribution in [2.24, 2.45) is 5.73 Å². The van der Waals surface area contributed by atoms with E-state index in [1.165, 1.54) is 4.90 Å². The Morgan fingerprint density at radius 2 is 1.81 bits per heavy atom. The van der Waals surface area contributed by atoms with Gasteiger partial charge in [-0.3, -0.25) is 14.5 Å². The van der Waals surface area contributed by atoms with E-state index in [9.17, 15) is 14.4 Å². The van der Waals surface area contributed by atoms with Gasteiger partial charge in [-0.05, 0) is 18.6 Å². The molecule has 7 heteroatoms. The first kappa shape index (κ1) is 13.6. The molecule has 7 nitrogen and oxygen atoms in total. The highest BCUT2D eigenvalue weighted by Gasteiger charge is 2.41. The smallest absolute Gasteiger partial charge is 0.407 e. The highest BCUT2D eigenvalue weighted by atomic mass is 16.4. The zero-order chi connectivity index (χ0) is 15.1. The minimum absolute atomic E-state index is 0.0480. The van der Waals surface area contributed by atoms with Crippen LogP contribution < -0.4 is 5.73 Å². The lowest BCUT2D eigenvalue weighted by molar-refractivity contribution is 0.0603. The van der Waals surface area contributed by atoms with Crippen LogP contribution in [0.5, 0.6) is 0 Å². The maximum Gasteiger partial charge on any atom is 0.407 e. The van der Waals surface area contributed by atoms with Gasteiger partial charge >= 0.3 is 6.09 Å². The number of nitrogens with two attached hydrogens (primary N) is 1. The molecular weight excluding hydrogens is 274 g/mol. The second-order valence-electron chi connectivity index (χ2n) is 5.35. The molecule has 1 aromatic rings. The van der Waals surface area contributed by atoms with Crippen LogP contribution in [0.15, 0.2) is 24.3 Å². The van der Waals surface area contributed by atoms with E-state index < -0.39 is 12.1 Å². The molecule has 2 atom stereocenters. The van der Waals surface area contributed by atoms with Crippen molar-refractivity contribution in [3.63, 3.8) is 0 Å². The van der Waals surface area contributed by atoms with Gasteiger partial charge in [-0.15, -0.1) is 0 Å². The fraction of sp³-hybridized carbons (Fsp3) is 0.357. The zero-order valence-corrected chi connectivity index (χ0v) is 11.2. The number of benzene rings is 1. The average molecular weight is 289 g/mol. The van der Waals surface area contributed by atoms with Crippen molar-refractivity contribution < 1.29 is 19.5 Å². The van der Waals surface area contributed by atoms with Gasteiger partial charge in [0.05, 0.1) is 17.2 Å². The predicted molar refractivity (Wildman–Crippen MR) is 72.9 cm³/mol. The van der Waals surface area contributed by atoms with E-state index in [0.29, 0.717) is 17.5 Å². The molecule has 1 aromatic carbocycles. The van der Waals surface area contributed by atoms with Crippen molar-refractivity contribution >= 4 is 17.9 Å². The molecule has 3 rings (SSSR count). The van der Waals surface area contributed by atoms with Gasteiger partial charge in [-0.2, -0.15) is 0 Å². The van der Waals surface area contributed by atoms with Gasteiger partial charge in [0.1, 0.15) is 0 Å². The Hall–Kier alpha value is -2.41. The Balaban J connectivity index is 1.82. The molecule has 0 aliphatic carbocycles. The first-order chi connectivity index (χ1) is 9.99. The number of hydrogen-bond donors (Lipinski definition) is 2. The van der Waals surface area contributed by atoms with Crippen LogP contribution in [-0.4, -0.2) is 58.0 Å². The van der Waals surface area contributed by atoms with Crippen LogP contribution in [0.1, 0.15) is 27.1 Å². The van der Waals surface area contributed by atoms with Crippen LogP contribution in [0.3, 0.4) is 0 Å². The molecular formula is C14H15N3O4. The zero-order valence-electron chi connectivity index (χ0n) is 11.2. The molecule has 0 saturated carbocycles. The number of fused-ring (bicyclic) bond motifs is 1. The Morgan fingerprint density at radius 1 is 1.24 bits per heavy atom. The van der Waals surface area contributed by atoms with E-state index >= 15 is 0 Å². The number of carboxylic acid groups (broad SMARTS) is 1. The van der Waals surface area contributed by atoms with Crippen LogP contribution in [-0.2, 0) is 0 Å². The van der Waals surface area contributed by atoms with E-state index in [1.807, 2.05) is 0 Å². The molecule has 2 heterocycles. The number of imide groups is 1. The van der Waals surface area contributed by atoms with Crippen molar-refractivity contribution in [1.82, 2.24) is 9.80 Å². The molecule has 0 spiro atoms. The summed E-state index contributed by atoms with van der Waals surface area (Å²) < 4.78 is 0. The number of nitrogens with zero attached hydrogens (tertiary/aromatic N) is 2.